The fourth-order valence-electron chi connectivity index (χ4n) is 1.80. The lowest BCUT2D eigenvalue weighted by Crippen LogP contribution is -2.04. The van der Waals surface area contributed by atoms with Gasteiger partial charge in [-0.05, 0) is 40.2 Å². The Labute approximate surface area is 125 Å². The zero-order valence-electron chi connectivity index (χ0n) is 11.0. The van der Waals surface area contributed by atoms with E-state index in [0.717, 1.165) is 16.9 Å². The molecule has 2 aromatic rings. The molecule has 0 amide bonds. The SMILES string of the molecule is COc1ccc(OCc2cccc(F)c2Br)c(CN)c1. The lowest BCUT2D eigenvalue weighted by Gasteiger charge is -2.12. The number of hydrogen-bond donors (Lipinski definition) is 1. The van der Waals surface area contributed by atoms with Crippen LogP contribution in [0.25, 0.3) is 0 Å². The Morgan fingerprint density at radius 3 is 2.70 bits per heavy atom. The molecule has 3 nitrogen and oxygen atoms in total. The molecule has 0 atom stereocenters. The lowest BCUT2D eigenvalue weighted by molar-refractivity contribution is 0.300. The molecule has 0 aromatic heterocycles. The van der Waals surface area contributed by atoms with E-state index in [4.69, 9.17) is 15.2 Å². The summed E-state index contributed by atoms with van der Waals surface area (Å²) < 4.78 is 24.7. The zero-order chi connectivity index (χ0) is 14.5. The van der Waals surface area contributed by atoms with E-state index in [2.05, 4.69) is 15.9 Å². The highest BCUT2D eigenvalue weighted by Gasteiger charge is 2.08. The van der Waals surface area contributed by atoms with Crippen molar-refractivity contribution >= 4 is 15.9 Å². The smallest absolute Gasteiger partial charge is 0.137 e. The van der Waals surface area contributed by atoms with Gasteiger partial charge in [0.2, 0.25) is 0 Å². The van der Waals surface area contributed by atoms with Crippen LogP contribution in [0.5, 0.6) is 11.5 Å². The Hall–Kier alpha value is -1.59. The molecule has 0 fully saturated rings. The summed E-state index contributed by atoms with van der Waals surface area (Å²) in [6.07, 6.45) is 0. The molecule has 0 spiro atoms. The second-order valence-corrected chi connectivity index (χ2v) is 4.97. The van der Waals surface area contributed by atoms with Crippen LogP contribution in [0.4, 0.5) is 4.39 Å². The van der Waals surface area contributed by atoms with Crippen LogP contribution in [0.1, 0.15) is 11.1 Å². The molecule has 0 aliphatic rings. The average molecular weight is 340 g/mol. The summed E-state index contributed by atoms with van der Waals surface area (Å²) in [5.74, 6) is 1.09. The third-order valence-corrected chi connectivity index (χ3v) is 3.79. The van der Waals surface area contributed by atoms with Crippen molar-refractivity contribution in [3.8, 4) is 11.5 Å². The summed E-state index contributed by atoms with van der Waals surface area (Å²) in [6.45, 7) is 0.606. The average Bonchev–Trinajstić information content (AvgIpc) is 2.48. The van der Waals surface area contributed by atoms with Gasteiger partial charge < -0.3 is 15.2 Å². The monoisotopic (exact) mass is 339 g/mol. The summed E-state index contributed by atoms with van der Waals surface area (Å²) in [6, 6.07) is 10.3. The topological polar surface area (TPSA) is 44.5 Å². The Kier molecular flexibility index (Phi) is 4.98. The highest BCUT2D eigenvalue weighted by atomic mass is 79.9. The summed E-state index contributed by atoms with van der Waals surface area (Å²) in [5.41, 5.74) is 7.28. The first-order valence-electron chi connectivity index (χ1n) is 6.08. The van der Waals surface area contributed by atoms with Gasteiger partial charge in [-0.1, -0.05) is 12.1 Å². The van der Waals surface area contributed by atoms with Crippen molar-refractivity contribution in [3.63, 3.8) is 0 Å². The zero-order valence-corrected chi connectivity index (χ0v) is 12.6. The second-order valence-electron chi connectivity index (χ2n) is 4.18. The number of nitrogens with two attached hydrogens (primary N) is 1. The van der Waals surface area contributed by atoms with Crippen molar-refractivity contribution in [2.75, 3.05) is 7.11 Å². The third-order valence-electron chi connectivity index (χ3n) is 2.90. The second kappa shape index (κ2) is 6.72. The van der Waals surface area contributed by atoms with Gasteiger partial charge in [0.25, 0.3) is 0 Å². The van der Waals surface area contributed by atoms with Crippen LogP contribution in [0.2, 0.25) is 0 Å². The van der Waals surface area contributed by atoms with E-state index in [0.29, 0.717) is 16.8 Å². The van der Waals surface area contributed by atoms with Crippen LogP contribution < -0.4 is 15.2 Å². The van der Waals surface area contributed by atoms with Crippen LogP contribution >= 0.6 is 15.9 Å². The Morgan fingerprint density at radius 1 is 1.20 bits per heavy atom. The molecular formula is C15H15BrFNO2. The maximum Gasteiger partial charge on any atom is 0.137 e. The molecule has 5 heteroatoms. The molecule has 0 unspecified atom stereocenters. The first-order valence-corrected chi connectivity index (χ1v) is 6.87. The van der Waals surface area contributed by atoms with E-state index in [-0.39, 0.29) is 12.4 Å². The van der Waals surface area contributed by atoms with Gasteiger partial charge in [-0.3, -0.25) is 0 Å². The molecule has 0 bridgehead atoms. The number of methoxy groups -OCH3 is 1. The number of ether oxygens (including phenoxy) is 2. The highest BCUT2D eigenvalue weighted by molar-refractivity contribution is 9.10. The molecule has 2 N–H and O–H groups in total. The van der Waals surface area contributed by atoms with Crippen molar-refractivity contribution in [1.82, 2.24) is 0 Å². The maximum absolute atomic E-state index is 13.4. The van der Waals surface area contributed by atoms with Gasteiger partial charge in [0, 0.05) is 17.7 Å². The van der Waals surface area contributed by atoms with E-state index >= 15 is 0 Å². The van der Waals surface area contributed by atoms with Crippen molar-refractivity contribution in [2.45, 2.75) is 13.2 Å². The third kappa shape index (κ3) is 3.29. The fourth-order valence-corrected chi connectivity index (χ4v) is 2.18. The van der Waals surface area contributed by atoms with E-state index in [9.17, 15) is 4.39 Å². The number of rotatable bonds is 5. The summed E-state index contributed by atoms with van der Waals surface area (Å²) >= 11 is 3.21. The highest BCUT2D eigenvalue weighted by Crippen LogP contribution is 2.26. The summed E-state index contributed by atoms with van der Waals surface area (Å²) in [4.78, 5) is 0. The number of benzene rings is 2. The molecule has 106 valence electrons. The van der Waals surface area contributed by atoms with Crippen molar-refractivity contribution in [3.05, 3.63) is 57.8 Å². The molecule has 2 aromatic carbocycles. The van der Waals surface area contributed by atoms with E-state index in [1.54, 1.807) is 31.4 Å². The van der Waals surface area contributed by atoms with Gasteiger partial charge >= 0.3 is 0 Å². The van der Waals surface area contributed by atoms with E-state index < -0.39 is 0 Å². The summed E-state index contributed by atoms with van der Waals surface area (Å²) in [5, 5.41) is 0. The van der Waals surface area contributed by atoms with Crippen LogP contribution in [0, 0.1) is 5.82 Å². The van der Waals surface area contributed by atoms with E-state index in [1.807, 2.05) is 6.07 Å². The number of hydrogen-bond acceptors (Lipinski definition) is 3. The quantitative estimate of drug-likeness (QED) is 0.904. The van der Waals surface area contributed by atoms with Crippen LogP contribution in [0.15, 0.2) is 40.9 Å². The minimum absolute atomic E-state index is 0.262. The molecule has 0 saturated heterocycles. The molecule has 0 aliphatic carbocycles. The summed E-state index contributed by atoms with van der Waals surface area (Å²) in [7, 11) is 1.60. The minimum atomic E-state index is -0.306. The molecule has 0 saturated carbocycles. The number of halogens is 2. The standard InChI is InChI=1S/C15H15BrFNO2/c1-19-12-5-6-14(11(7-12)8-18)20-9-10-3-2-4-13(17)15(10)16/h2-7H,8-9,18H2,1H3. The van der Waals surface area contributed by atoms with Crippen molar-refractivity contribution < 1.29 is 13.9 Å². The normalized spacial score (nSPS) is 10.4. The van der Waals surface area contributed by atoms with Crippen molar-refractivity contribution in [2.24, 2.45) is 5.73 Å². The van der Waals surface area contributed by atoms with Gasteiger partial charge in [0.1, 0.15) is 23.9 Å². The van der Waals surface area contributed by atoms with Crippen LogP contribution in [-0.4, -0.2) is 7.11 Å². The van der Waals surface area contributed by atoms with Gasteiger partial charge in [0.05, 0.1) is 11.6 Å². The molecule has 0 heterocycles. The largest absolute Gasteiger partial charge is 0.497 e. The molecule has 2 rings (SSSR count). The Bertz CT molecular complexity index is 604. The van der Waals surface area contributed by atoms with Gasteiger partial charge in [-0.25, -0.2) is 4.39 Å². The van der Waals surface area contributed by atoms with Gasteiger partial charge in [-0.15, -0.1) is 0 Å². The molecular weight excluding hydrogens is 325 g/mol. The fraction of sp³-hybridized carbons (Fsp3) is 0.200. The van der Waals surface area contributed by atoms with Gasteiger partial charge in [-0.2, -0.15) is 0 Å². The maximum atomic E-state index is 13.4. The first-order chi connectivity index (χ1) is 9.65. The lowest BCUT2D eigenvalue weighted by atomic mass is 10.2. The van der Waals surface area contributed by atoms with Crippen molar-refractivity contribution in [1.29, 1.82) is 0 Å². The van der Waals surface area contributed by atoms with Crippen LogP contribution in [0.3, 0.4) is 0 Å². The first kappa shape index (κ1) is 14.8. The minimum Gasteiger partial charge on any atom is -0.497 e. The molecule has 0 aliphatic heterocycles. The van der Waals surface area contributed by atoms with Gasteiger partial charge in [0.15, 0.2) is 0 Å². The molecule has 20 heavy (non-hydrogen) atoms. The molecule has 0 radical (unpaired) electrons. The predicted octanol–water partition coefficient (Wildman–Crippen LogP) is 3.63. The van der Waals surface area contributed by atoms with E-state index in [1.165, 1.54) is 6.07 Å². The Balaban J connectivity index is 2.16. The predicted molar refractivity (Wildman–Crippen MR) is 79.3 cm³/mol. The Morgan fingerprint density at radius 2 is 2.00 bits per heavy atom. The van der Waals surface area contributed by atoms with Crippen LogP contribution in [-0.2, 0) is 13.2 Å².